The minimum absolute atomic E-state index is 0.0246. The van der Waals surface area contributed by atoms with Gasteiger partial charge in [-0.25, -0.2) is 9.11 Å². The summed E-state index contributed by atoms with van der Waals surface area (Å²) in [5.41, 5.74) is 1.36. The summed E-state index contributed by atoms with van der Waals surface area (Å²) in [5, 5.41) is 6.25. The fraction of sp³-hybridized carbons (Fsp3) is 0.308. The molecule has 0 spiro atoms. The number of ether oxygens (including phenoxy) is 1. The normalized spacial score (nSPS) is 13.1. The van der Waals surface area contributed by atoms with Crippen LogP contribution in [0.5, 0.6) is 11.5 Å². The lowest BCUT2D eigenvalue weighted by atomic mass is 9.93. The van der Waals surface area contributed by atoms with Crippen molar-refractivity contribution in [3.63, 3.8) is 0 Å². The first-order valence-electron chi connectivity index (χ1n) is 11.8. The third-order valence-corrected chi connectivity index (χ3v) is 7.16. The van der Waals surface area contributed by atoms with E-state index < -0.39 is 17.3 Å². The average molecular weight is 546 g/mol. The van der Waals surface area contributed by atoms with Crippen molar-refractivity contribution in [2.24, 2.45) is 7.05 Å². The lowest BCUT2D eigenvalue weighted by molar-refractivity contribution is 0.0914. The average Bonchev–Trinajstić information content (AvgIpc) is 2.84. The van der Waals surface area contributed by atoms with Gasteiger partial charge in [-0.15, -0.1) is 0 Å². The molecule has 2 aromatic carbocycles. The fourth-order valence-corrected chi connectivity index (χ4v) is 4.59. The Balaban J connectivity index is 1.86. The zero-order valence-electron chi connectivity index (χ0n) is 21.0. The minimum Gasteiger partial charge on any atom is -0.454 e. The van der Waals surface area contributed by atoms with E-state index in [1.807, 2.05) is 0 Å². The Labute approximate surface area is 224 Å². The summed E-state index contributed by atoms with van der Waals surface area (Å²) in [5.74, 6) is -0.518. The van der Waals surface area contributed by atoms with E-state index in [4.69, 9.17) is 16.3 Å². The monoisotopic (exact) mass is 545 g/mol. The number of carbonyl (C=O) groups is 1. The van der Waals surface area contributed by atoms with Crippen molar-refractivity contribution in [3.8, 4) is 11.5 Å². The van der Waals surface area contributed by atoms with Crippen LogP contribution in [-0.2, 0) is 7.05 Å². The van der Waals surface area contributed by atoms with E-state index in [-0.39, 0.29) is 45.2 Å². The largest absolute Gasteiger partial charge is 0.454 e. The van der Waals surface area contributed by atoms with Crippen LogP contribution in [0.4, 0.5) is 21.6 Å². The van der Waals surface area contributed by atoms with Gasteiger partial charge in [0, 0.05) is 25.2 Å². The van der Waals surface area contributed by atoms with Gasteiger partial charge in [-0.3, -0.25) is 14.2 Å². The van der Waals surface area contributed by atoms with Gasteiger partial charge >= 0.3 is 0 Å². The summed E-state index contributed by atoms with van der Waals surface area (Å²) in [7, 11) is 3.29. The van der Waals surface area contributed by atoms with Gasteiger partial charge in [0.2, 0.25) is 0 Å². The Bertz CT molecular complexity index is 1390. The van der Waals surface area contributed by atoms with E-state index in [1.54, 1.807) is 51.2 Å². The molecule has 11 heteroatoms. The molecule has 4 N–H and O–H groups in total. The SMILES string of the molecule is CNSNc1cccc(Oc2c(C(=O)NC3CCC3)c(Nc3ccc(C)cc3F)n(C)c(=O)c2C)c1Cl. The van der Waals surface area contributed by atoms with Crippen LogP contribution in [0.25, 0.3) is 0 Å². The third kappa shape index (κ3) is 5.71. The fourth-order valence-electron chi connectivity index (χ4n) is 3.94. The number of hydrogen-bond acceptors (Lipinski definition) is 7. The van der Waals surface area contributed by atoms with Crippen molar-refractivity contribution >= 4 is 46.8 Å². The number of pyridine rings is 1. The van der Waals surface area contributed by atoms with Gasteiger partial charge in [0.25, 0.3) is 11.5 Å². The van der Waals surface area contributed by atoms with Gasteiger partial charge in [-0.2, -0.15) is 0 Å². The van der Waals surface area contributed by atoms with Crippen LogP contribution in [0.15, 0.2) is 41.2 Å². The number of halogens is 2. The Morgan fingerprint density at radius 2 is 1.95 bits per heavy atom. The predicted octanol–water partition coefficient (Wildman–Crippen LogP) is 5.81. The number of anilines is 3. The highest BCUT2D eigenvalue weighted by Gasteiger charge is 2.29. The van der Waals surface area contributed by atoms with E-state index in [0.717, 1.165) is 24.8 Å². The summed E-state index contributed by atoms with van der Waals surface area (Å²) >= 11 is 7.82. The molecule has 0 unspecified atom stereocenters. The van der Waals surface area contributed by atoms with Crippen LogP contribution in [0.2, 0.25) is 5.02 Å². The number of amides is 1. The van der Waals surface area contributed by atoms with E-state index >= 15 is 0 Å². The molecule has 8 nitrogen and oxygen atoms in total. The maximum Gasteiger partial charge on any atom is 0.259 e. The number of benzene rings is 2. The molecule has 4 rings (SSSR count). The molecule has 0 saturated heterocycles. The molecular formula is C26H29ClFN5O3S. The highest BCUT2D eigenvalue weighted by atomic mass is 35.5. The van der Waals surface area contributed by atoms with Gasteiger partial charge in [-0.1, -0.05) is 23.7 Å². The van der Waals surface area contributed by atoms with Crippen molar-refractivity contribution in [2.45, 2.75) is 39.2 Å². The maximum absolute atomic E-state index is 14.8. The number of nitrogens with zero attached hydrogens (tertiary/aromatic N) is 1. The molecule has 0 aliphatic heterocycles. The maximum atomic E-state index is 14.8. The Hall–Kier alpha value is -3.21. The molecule has 1 amide bonds. The van der Waals surface area contributed by atoms with Crippen LogP contribution >= 0.6 is 23.7 Å². The first-order chi connectivity index (χ1) is 17.7. The summed E-state index contributed by atoms with van der Waals surface area (Å²) in [6, 6.07) is 9.87. The summed E-state index contributed by atoms with van der Waals surface area (Å²) in [4.78, 5) is 26.9. The smallest absolute Gasteiger partial charge is 0.259 e. The van der Waals surface area contributed by atoms with Crippen LogP contribution in [-0.4, -0.2) is 23.6 Å². The highest BCUT2D eigenvalue weighted by Crippen LogP contribution is 2.40. The van der Waals surface area contributed by atoms with Gasteiger partial charge in [0.1, 0.15) is 28.0 Å². The van der Waals surface area contributed by atoms with E-state index in [0.29, 0.717) is 5.69 Å². The van der Waals surface area contributed by atoms with Crippen molar-refractivity contribution in [3.05, 3.63) is 74.3 Å². The van der Waals surface area contributed by atoms with E-state index in [9.17, 15) is 14.0 Å². The lowest BCUT2D eigenvalue weighted by Gasteiger charge is -2.28. The molecule has 0 radical (unpaired) electrons. The molecule has 1 fully saturated rings. The molecule has 37 heavy (non-hydrogen) atoms. The number of rotatable bonds is 9. The Kier molecular flexibility index (Phi) is 8.31. The van der Waals surface area contributed by atoms with Crippen molar-refractivity contribution in [1.82, 2.24) is 14.6 Å². The second-order valence-corrected chi connectivity index (χ2v) is 10.1. The Morgan fingerprint density at radius 3 is 2.59 bits per heavy atom. The summed E-state index contributed by atoms with van der Waals surface area (Å²) in [6.07, 6.45) is 2.76. The number of hydrogen-bond donors (Lipinski definition) is 4. The summed E-state index contributed by atoms with van der Waals surface area (Å²) in [6.45, 7) is 3.36. The number of carbonyl (C=O) groups excluding carboxylic acids is 1. The predicted molar refractivity (Wildman–Crippen MR) is 148 cm³/mol. The standard InChI is InChI=1S/C26H29ClFN5O3S/c1-14-11-12-18(17(28)13-14)31-24-21(25(34)30-16-7-5-8-16)23(15(2)26(35)33(24)4)36-20-10-6-9-19(22(20)27)32-37-29-3/h6,9-13,16,29,31-32H,5,7-8H2,1-4H3,(H,30,34). The minimum atomic E-state index is -0.510. The van der Waals surface area contributed by atoms with Crippen LogP contribution < -0.4 is 30.4 Å². The number of nitrogens with one attached hydrogen (secondary N) is 4. The topological polar surface area (TPSA) is 96.4 Å². The van der Waals surface area contributed by atoms with Crippen molar-refractivity contribution in [2.75, 3.05) is 17.1 Å². The van der Waals surface area contributed by atoms with Gasteiger partial charge in [-0.05, 0) is 70.0 Å². The van der Waals surface area contributed by atoms with Gasteiger partial charge in [0.05, 0.1) is 16.9 Å². The van der Waals surface area contributed by atoms with Crippen LogP contribution in [0.3, 0.4) is 0 Å². The first kappa shape index (κ1) is 26.8. The zero-order valence-corrected chi connectivity index (χ0v) is 22.6. The van der Waals surface area contributed by atoms with E-state index in [2.05, 4.69) is 20.1 Å². The second kappa shape index (κ2) is 11.5. The molecule has 1 heterocycles. The quantitative estimate of drug-likeness (QED) is 0.252. The molecule has 196 valence electrons. The lowest BCUT2D eigenvalue weighted by Crippen LogP contribution is -2.40. The Morgan fingerprint density at radius 1 is 1.19 bits per heavy atom. The number of aromatic nitrogens is 1. The first-order valence-corrected chi connectivity index (χ1v) is 13.0. The van der Waals surface area contributed by atoms with Crippen molar-refractivity contribution < 1.29 is 13.9 Å². The van der Waals surface area contributed by atoms with Crippen LogP contribution in [0.1, 0.15) is 40.7 Å². The van der Waals surface area contributed by atoms with E-state index in [1.165, 1.54) is 29.8 Å². The second-order valence-electron chi connectivity index (χ2n) is 8.88. The summed E-state index contributed by atoms with van der Waals surface area (Å²) < 4.78 is 28.2. The molecule has 0 atom stereocenters. The third-order valence-electron chi connectivity index (χ3n) is 6.25. The number of aryl methyl sites for hydroxylation is 1. The highest BCUT2D eigenvalue weighted by molar-refractivity contribution is 7.98. The molecule has 1 aromatic heterocycles. The molecule has 1 aliphatic rings. The van der Waals surface area contributed by atoms with Crippen LogP contribution in [0, 0.1) is 19.7 Å². The van der Waals surface area contributed by atoms with Gasteiger partial charge < -0.3 is 20.1 Å². The van der Waals surface area contributed by atoms with Crippen molar-refractivity contribution in [1.29, 1.82) is 0 Å². The molecule has 1 aliphatic carbocycles. The molecule has 3 aromatic rings. The molecule has 1 saturated carbocycles. The molecule has 0 bridgehead atoms. The molecular weight excluding hydrogens is 517 g/mol. The van der Waals surface area contributed by atoms with Gasteiger partial charge in [0.15, 0.2) is 5.75 Å². The zero-order chi connectivity index (χ0) is 26.7.